The molecule has 1 fully saturated rings. The fraction of sp³-hybridized carbons (Fsp3) is 0.500. The van der Waals surface area contributed by atoms with Gasteiger partial charge in [-0.15, -0.1) is 0 Å². The van der Waals surface area contributed by atoms with Crippen LogP contribution in [-0.2, 0) is 20.8 Å². The van der Waals surface area contributed by atoms with Gasteiger partial charge in [-0.3, -0.25) is 14.4 Å². The SMILES string of the molecule is Cc1ccc(CCC(=O)NCC(=O)N[C@H]2CC[C@@H](C(=O)O)C2)cc1. The molecule has 2 rings (SSSR count). The lowest BCUT2D eigenvalue weighted by molar-refractivity contribution is -0.141. The standard InChI is InChI=1S/C18H24N2O4/c1-12-2-4-13(5-3-12)6-9-16(21)19-11-17(22)20-15-8-7-14(10-15)18(23)24/h2-5,14-15H,6-11H2,1H3,(H,19,21)(H,20,22)(H,23,24)/t14-,15+/m1/s1. The molecular weight excluding hydrogens is 308 g/mol. The molecule has 2 atom stereocenters. The molecule has 130 valence electrons. The molecule has 0 aromatic heterocycles. The highest BCUT2D eigenvalue weighted by atomic mass is 16.4. The number of carboxylic acids is 1. The van der Waals surface area contributed by atoms with Crippen LogP contribution in [0.5, 0.6) is 0 Å². The number of aliphatic carboxylic acids is 1. The Kier molecular flexibility index (Phi) is 6.35. The van der Waals surface area contributed by atoms with E-state index < -0.39 is 5.97 Å². The first-order valence-electron chi connectivity index (χ1n) is 8.28. The topological polar surface area (TPSA) is 95.5 Å². The van der Waals surface area contributed by atoms with Gasteiger partial charge in [0.1, 0.15) is 0 Å². The molecule has 1 saturated carbocycles. The first kappa shape index (κ1) is 18.0. The Morgan fingerprint density at radius 1 is 1.12 bits per heavy atom. The quantitative estimate of drug-likeness (QED) is 0.703. The fourth-order valence-corrected chi connectivity index (χ4v) is 2.90. The lowest BCUT2D eigenvalue weighted by Crippen LogP contribution is -2.41. The van der Waals surface area contributed by atoms with Crippen molar-refractivity contribution >= 4 is 17.8 Å². The zero-order valence-electron chi connectivity index (χ0n) is 13.9. The van der Waals surface area contributed by atoms with Gasteiger partial charge in [0, 0.05) is 12.5 Å². The van der Waals surface area contributed by atoms with Crippen molar-refractivity contribution in [2.75, 3.05) is 6.54 Å². The number of aryl methyl sites for hydroxylation is 2. The molecule has 0 heterocycles. The lowest BCUT2D eigenvalue weighted by Gasteiger charge is -2.13. The Bertz CT molecular complexity index is 598. The van der Waals surface area contributed by atoms with Crippen molar-refractivity contribution < 1.29 is 19.5 Å². The Balaban J connectivity index is 1.63. The lowest BCUT2D eigenvalue weighted by atomic mass is 10.1. The van der Waals surface area contributed by atoms with Gasteiger partial charge >= 0.3 is 5.97 Å². The highest BCUT2D eigenvalue weighted by Crippen LogP contribution is 2.25. The molecule has 0 radical (unpaired) electrons. The Hall–Kier alpha value is -2.37. The van der Waals surface area contributed by atoms with E-state index in [-0.39, 0.29) is 30.3 Å². The smallest absolute Gasteiger partial charge is 0.306 e. The van der Waals surface area contributed by atoms with Crippen LogP contribution in [-0.4, -0.2) is 35.5 Å². The van der Waals surface area contributed by atoms with Crippen molar-refractivity contribution in [2.24, 2.45) is 5.92 Å². The molecule has 0 unspecified atom stereocenters. The van der Waals surface area contributed by atoms with Gasteiger partial charge in [0.2, 0.25) is 11.8 Å². The summed E-state index contributed by atoms with van der Waals surface area (Å²) in [6.07, 6.45) is 2.69. The number of carbonyl (C=O) groups is 3. The molecule has 6 nitrogen and oxygen atoms in total. The maximum atomic E-state index is 11.8. The summed E-state index contributed by atoms with van der Waals surface area (Å²) < 4.78 is 0. The minimum Gasteiger partial charge on any atom is -0.481 e. The van der Waals surface area contributed by atoms with Gasteiger partial charge in [-0.2, -0.15) is 0 Å². The molecule has 1 aliphatic carbocycles. The number of benzene rings is 1. The molecular formula is C18H24N2O4. The number of rotatable bonds is 7. The second-order valence-electron chi connectivity index (χ2n) is 6.37. The fourth-order valence-electron chi connectivity index (χ4n) is 2.90. The maximum absolute atomic E-state index is 11.8. The van der Waals surface area contributed by atoms with Crippen LogP contribution in [0.4, 0.5) is 0 Å². The van der Waals surface area contributed by atoms with E-state index in [0.717, 1.165) is 5.56 Å². The predicted octanol–water partition coefficient (Wildman–Crippen LogP) is 1.41. The summed E-state index contributed by atoms with van der Waals surface area (Å²) >= 11 is 0. The number of carboxylic acid groups (broad SMARTS) is 1. The van der Waals surface area contributed by atoms with Crippen LogP contribution < -0.4 is 10.6 Å². The molecule has 0 saturated heterocycles. The van der Waals surface area contributed by atoms with Gasteiger partial charge in [0.05, 0.1) is 12.5 Å². The van der Waals surface area contributed by atoms with E-state index in [1.807, 2.05) is 31.2 Å². The molecule has 0 bridgehead atoms. The maximum Gasteiger partial charge on any atom is 0.306 e. The number of carbonyl (C=O) groups excluding carboxylic acids is 2. The number of hydrogen-bond donors (Lipinski definition) is 3. The normalized spacial score (nSPS) is 19.7. The largest absolute Gasteiger partial charge is 0.481 e. The number of amides is 2. The minimum atomic E-state index is -0.809. The summed E-state index contributed by atoms with van der Waals surface area (Å²) in [5.41, 5.74) is 2.27. The highest BCUT2D eigenvalue weighted by molar-refractivity contribution is 5.85. The second-order valence-corrected chi connectivity index (χ2v) is 6.37. The third kappa shape index (κ3) is 5.68. The van der Waals surface area contributed by atoms with Gasteiger partial charge in [0.25, 0.3) is 0 Å². The van der Waals surface area contributed by atoms with E-state index in [9.17, 15) is 14.4 Å². The van der Waals surface area contributed by atoms with Crippen molar-refractivity contribution in [1.29, 1.82) is 0 Å². The third-order valence-corrected chi connectivity index (χ3v) is 4.35. The molecule has 1 aliphatic rings. The van der Waals surface area contributed by atoms with Crippen LogP contribution in [0, 0.1) is 12.8 Å². The van der Waals surface area contributed by atoms with E-state index in [1.54, 1.807) is 0 Å². The summed E-state index contributed by atoms with van der Waals surface area (Å²) in [7, 11) is 0. The number of hydrogen-bond acceptors (Lipinski definition) is 3. The van der Waals surface area contributed by atoms with Crippen molar-refractivity contribution in [3.05, 3.63) is 35.4 Å². The molecule has 2 amide bonds. The Morgan fingerprint density at radius 2 is 1.83 bits per heavy atom. The predicted molar refractivity (Wildman–Crippen MR) is 89.4 cm³/mol. The first-order valence-corrected chi connectivity index (χ1v) is 8.28. The molecule has 1 aromatic carbocycles. The summed E-state index contributed by atoms with van der Waals surface area (Å²) in [5.74, 6) is -1.62. The Labute approximate surface area is 141 Å². The van der Waals surface area contributed by atoms with Gasteiger partial charge in [-0.1, -0.05) is 29.8 Å². The second kappa shape index (κ2) is 8.47. The minimum absolute atomic E-state index is 0.0685. The third-order valence-electron chi connectivity index (χ3n) is 4.35. The molecule has 6 heteroatoms. The van der Waals surface area contributed by atoms with Crippen molar-refractivity contribution in [1.82, 2.24) is 10.6 Å². The summed E-state index contributed by atoms with van der Waals surface area (Å²) in [6.45, 7) is 1.94. The molecule has 0 spiro atoms. The molecule has 0 aliphatic heterocycles. The van der Waals surface area contributed by atoms with Gasteiger partial charge in [-0.05, 0) is 38.2 Å². The highest BCUT2D eigenvalue weighted by Gasteiger charge is 2.30. The summed E-state index contributed by atoms with van der Waals surface area (Å²) in [5, 5.41) is 14.3. The first-order chi connectivity index (χ1) is 11.4. The number of nitrogens with one attached hydrogen (secondary N) is 2. The zero-order valence-corrected chi connectivity index (χ0v) is 13.9. The molecule has 3 N–H and O–H groups in total. The summed E-state index contributed by atoms with van der Waals surface area (Å²) in [6, 6.07) is 7.89. The van der Waals surface area contributed by atoms with Crippen LogP contribution >= 0.6 is 0 Å². The van der Waals surface area contributed by atoms with Crippen LogP contribution in [0.15, 0.2) is 24.3 Å². The van der Waals surface area contributed by atoms with Crippen molar-refractivity contribution in [2.45, 2.75) is 45.1 Å². The monoisotopic (exact) mass is 332 g/mol. The van der Waals surface area contributed by atoms with Crippen molar-refractivity contribution in [3.63, 3.8) is 0 Å². The van der Waals surface area contributed by atoms with Crippen LogP contribution in [0.2, 0.25) is 0 Å². The molecule has 24 heavy (non-hydrogen) atoms. The van der Waals surface area contributed by atoms with E-state index in [4.69, 9.17) is 5.11 Å². The zero-order chi connectivity index (χ0) is 17.5. The van der Waals surface area contributed by atoms with E-state index in [1.165, 1.54) is 5.56 Å². The van der Waals surface area contributed by atoms with Crippen LogP contribution in [0.25, 0.3) is 0 Å². The van der Waals surface area contributed by atoms with Crippen LogP contribution in [0.1, 0.15) is 36.8 Å². The average molecular weight is 332 g/mol. The molecule has 1 aromatic rings. The van der Waals surface area contributed by atoms with Crippen molar-refractivity contribution in [3.8, 4) is 0 Å². The van der Waals surface area contributed by atoms with E-state index in [2.05, 4.69) is 10.6 Å². The Morgan fingerprint density at radius 3 is 2.46 bits per heavy atom. The van der Waals surface area contributed by atoms with E-state index in [0.29, 0.717) is 32.1 Å². The summed E-state index contributed by atoms with van der Waals surface area (Å²) in [4.78, 5) is 34.5. The van der Waals surface area contributed by atoms with Gasteiger partial charge in [0.15, 0.2) is 0 Å². The van der Waals surface area contributed by atoms with Gasteiger partial charge < -0.3 is 15.7 Å². The van der Waals surface area contributed by atoms with Crippen LogP contribution in [0.3, 0.4) is 0 Å². The van der Waals surface area contributed by atoms with Gasteiger partial charge in [-0.25, -0.2) is 0 Å². The van der Waals surface area contributed by atoms with E-state index >= 15 is 0 Å². The average Bonchev–Trinajstić information content (AvgIpc) is 3.01.